The molecule has 1 heterocycles. The SMILES string of the molecule is CCCN1N=CN(C(Cl)(Cl)C(Cl)(Cl)Cl)C1C. The van der Waals surface area contributed by atoms with Crippen LogP contribution in [0.4, 0.5) is 0 Å². The Bertz CT molecular complexity index is 275. The Hall–Kier alpha value is 0.720. The summed E-state index contributed by atoms with van der Waals surface area (Å²) in [6.07, 6.45) is 2.30. The van der Waals surface area contributed by atoms with Crippen molar-refractivity contribution >= 4 is 64.3 Å². The van der Waals surface area contributed by atoms with Crippen LogP contribution in [-0.2, 0) is 0 Å². The lowest BCUT2D eigenvalue weighted by Crippen LogP contribution is -2.53. The van der Waals surface area contributed by atoms with E-state index in [4.69, 9.17) is 58.0 Å². The van der Waals surface area contributed by atoms with E-state index in [2.05, 4.69) is 12.0 Å². The molecule has 94 valence electrons. The Balaban J connectivity index is 2.82. The van der Waals surface area contributed by atoms with Gasteiger partial charge in [0.2, 0.25) is 8.25 Å². The Labute approximate surface area is 120 Å². The molecule has 16 heavy (non-hydrogen) atoms. The predicted octanol–water partition coefficient (Wildman–Crippen LogP) is 3.80. The topological polar surface area (TPSA) is 18.8 Å². The third kappa shape index (κ3) is 2.75. The zero-order valence-electron chi connectivity index (χ0n) is 8.80. The Morgan fingerprint density at radius 3 is 2.25 bits per heavy atom. The normalized spacial score (nSPS) is 22.1. The van der Waals surface area contributed by atoms with Gasteiger partial charge in [-0.2, -0.15) is 5.10 Å². The summed E-state index contributed by atoms with van der Waals surface area (Å²) in [5, 5.41) is 5.99. The molecule has 0 N–H and O–H groups in total. The van der Waals surface area contributed by atoms with E-state index in [0.29, 0.717) is 0 Å². The van der Waals surface area contributed by atoms with Gasteiger partial charge in [-0.15, -0.1) is 0 Å². The van der Waals surface area contributed by atoms with E-state index in [9.17, 15) is 0 Å². The van der Waals surface area contributed by atoms with Crippen LogP contribution in [0.15, 0.2) is 5.10 Å². The van der Waals surface area contributed by atoms with Crippen molar-refractivity contribution in [2.45, 2.75) is 34.7 Å². The fraction of sp³-hybridized carbons (Fsp3) is 0.875. The van der Waals surface area contributed by atoms with E-state index in [1.54, 1.807) is 0 Å². The van der Waals surface area contributed by atoms with Crippen molar-refractivity contribution < 1.29 is 0 Å². The highest BCUT2D eigenvalue weighted by Crippen LogP contribution is 2.49. The van der Waals surface area contributed by atoms with Gasteiger partial charge in [0.05, 0.1) is 0 Å². The number of hydrazone groups is 1. The fourth-order valence-corrected chi connectivity index (χ4v) is 2.05. The quantitative estimate of drug-likeness (QED) is 0.580. The number of halogens is 5. The van der Waals surface area contributed by atoms with Crippen molar-refractivity contribution in [3.05, 3.63) is 0 Å². The van der Waals surface area contributed by atoms with Crippen molar-refractivity contribution in [3.8, 4) is 0 Å². The lowest BCUT2D eigenvalue weighted by Gasteiger charge is -2.39. The van der Waals surface area contributed by atoms with Crippen molar-refractivity contribution in [2.75, 3.05) is 6.54 Å². The first-order valence-electron chi connectivity index (χ1n) is 4.75. The average Bonchev–Trinajstić information content (AvgIpc) is 2.47. The molecule has 0 amide bonds. The number of hydrogen-bond donors (Lipinski definition) is 0. The van der Waals surface area contributed by atoms with E-state index in [1.165, 1.54) is 11.2 Å². The summed E-state index contributed by atoms with van der Waals surface area (Å²) in [4.78, 5) is 1.51. The molecule has 0 aromatic heterocycles. The third-order valence-corrected chi connectivity index (χ3v) is 4.63. The molecule has 0 aromatic carbocycles. The van der Waals surface area contributed by atoms with E-state index in [-0.39, 0.29) is 6.17 Å². The van der Waals surface area contributed by atoms with E-state index < -0.39 is 8.25 Å². The van der Waals surface area contributed by atoms with Gasteiger partial charge in [0, 0.05) is 6.54 Å². The molecular weight excluding hydrogens is 315 g/mol. The molecule has 1 rings (SSSR count). The van der Waals surface area contributed by atoms with Crippen LogP contribution >= 0.6 is 58.0 Å². The van der Waals surface area contributed by atoms with Crippen LogP contribution in [0, 0.1) is 0 Å². The summed E-state index contributed by atoms with van der Waals surface area (Å²) < 4.78 is -3.47. The van der Waals surface area contributed by atoms with E-state index in [0.717, 1.165) is 13.0 Å². The van der Waals surface area contributed by atoms with E-state index >= 15 is 0 Å². The highest BCUT2D eigenvalue weighted by atomic mass is 35.6. The second kappa shape index (κ2) is 5.15. The van der Waals surface area contributed by atoms with Crippen molar-refractivity contribution in [1.82, 2.24) is 9.91 Å². The maximum atomic E-state index is 6.06. The number of rotatable bonds is 3. The monoisotopic (exact) mass is 325 g/mol. The van der Waals surface area contributed by atoms with Gasteiger partial charge < -0.3 is 4.90 Å². The van der Waals surface area contributed by atoms with Crippen LogP contribution in [0.2, 0.25) is 0 Å². The Kier molecular flexibility index (Phi) is 4.76. The minimum absolute atomic E-state index is 0.148. The second-order valence-electron chi connectivity index (χ2n) is 3.47. The maximum absolute atomic E-state index is 6.06. The molecule has 0 radical (unpaired) electrons. The molecule has 0 saturated heterocycles. The zero-order chi connectivity index (χ0) is 12.6. The third-order valence-electron chi connectivity index (χ3n) is 2.28. The van der Waals surface area contributed by atoms with Gasteiger partial charge in [0.15, 0.2) is 0 Å². The number of hydrogen-bond acceptors (Lipinski definition) is 3. The minimum Gasteiger partial charge on any atom is -0.304 e. The van der Waals surface area contributed by atoms with Crippen LogP contribution in [0.25, 0.3) is 0 Å². The van der Waals surface area contributed by atoms with E-state index in [1.807, 2.05) is 11.9 Å². The minimum atomic E-state index is -1.82. The van der Waals surface area contributed by atoms with Gasteiger partial charge in [0.1, 0.15) is 12.5 Å². The summed E-state index contributed by atoms with van der Waals surface area (Å²) in [7, 11) is 0. The molecule has 1 unspecified atom stereocenters. The Morgan fingerprint density at radius 1 is 1.25 bits per heavy atom. The average molecular weight is 327 g/mol. The van der Waals surface area contributed by atoms with Crippen LogP contribution in [0.5, 0.6) is 0 Å². The Morgan fingerprint density at radius 2 is 1.81 bits per heavy atom. The summed E-state index contributed by atoms with van der Waals surface area (Å²) in [6, 6.07) is 0. The molecule has 1 aliphatic rings. The molecule has 3 nitrogen and oxygen atoms in total. The van der Waals surface area contributed by atoms with Crippen LogP contribution in [-0.4, -0.2) is 37.2 Å². The zero-order valence-corrected chi connectivity index (χ0v) is 12.6. The molecular formula is C8H12Cl5N3. The van der Waals surface area contributed by atoms with Crippen LogP contribution in [0.3, 0.4) is 0 Å². The van der Waals surface area contributed by atoms with Gasteiger partial charge in [-0.1, -0.05) is 64.9 Å². The van der Waals surface area contributed by atoms with Gasteiger partial charge in [0.25, 0.3) is 0 Å². The summed E-state index contributed by atoms with van der Waals surface area (Å²) in [5.74, 6) is 0. The first-order chi connectivity index (χ1) is 7.21. The van der Waals surface area contributed by atoms with Crippen LogP contribution < -0.4 is 0 Å². The maximum Gasteiger partial charge on any atom is 0.241 e. The van der Waals surface area contributed by atoms with Crippen molar-refractivity contribution in [1.29, 1.82) is 0 Å². The van der Waals surface area contributed by atoms with Crippen molar-refractivity contribution in [3.63, 3.8) is 0 Å². The molecule has 0 spiro atoms. The fourth-order valence-electron chi connectivity index (χ4n) is 1.39. The lowest BCUT2D eigenvalue weighted by molar-refractivity contribution is 0.129. The molecule has 0 saturated carbocycles. The number of alkyl halides is 5. The molecule has 1 aliphatic heterocycles. The summed E-state index contributed by atoms with van der Waals surface area (Å²) in [6.45, 7) is 4.73. The molecule has 0 fully saturated rings. The van der Waals surface area contributed by atoms with Gasteiger partial charge in [-0.3, -0.25) is 5.01 Å². The molecule has 8 heteroatoms. The van der Waals surface area contributed by atoms with Gasteiger partial charge in [-0.25, -0.2) is 0 Å². The van der Waals surface area contributed by atoms with Gasteiger partial charge in [-0.05, 0) is 13.3 Å². The molecule has 0 aromatic rings. The smallest absolute Gasteiger partial charge is 0.241 e. The standard InChI is InChI=1S/C8H12Cl5N3/c1-3-4-16-6(2)15(5-14-16)8(12,13)7(9,10)11/h5-6H,3-4H2,1-2H3. The molecule has 0 bridgehead atoms. The number of nitrogens with zero attached hydrogens (tertiary/aromatic N) is 3. The highest BCUT2D eigenvalue weighted by molar-refractivity contribution is 6.75. The highest BCUT2D eigenvalue weighted by Gasteiger charge is 2.53. The summed E-state index contributed by atoms with van der Waals surface area (Å²) in [5.41, 5.74) is 0. The summed E-state index contributed by atoms with van der Waals surface area (Å²) >= 11 is 29.3. The first-order valence-corrected chi connectivity index (χ1v) is 6.64. The van der Waals surface area contributed by atoms with Crippen LogP contribution in [0.1, 0.15) is 20.3 Å². The first kappa shape index (κ1) is 14.8. The molecule has 0 aliphatic carbocycles. The lowest BCUT2D eigenvalue weighted by atomic mass is 10.4. The second-order valence-corrected chi connectivity index (χ2v) is 7.04. The largest absolute Gasteiger partial charge is 0.304 e. The predicted molar refractivity (Wildman–Crippen MR) is 71.5 cm³/mol. The van der Waals surface area contributed by atoms with Gasteiger partial charge >= 0.3 is 0 Å². The van der Waals surface area contributed by atoms with Crippen molar-refractivity contribution in [2.24, 2.45) is 5.10 Å². The molecule has 1 atom stereocenters.